The van der Waals surface area contributed by atoms with Gasteiger partial charge < -0.3 is 4.74 Å². The van der Waals surface area contributed by atoms with Crippen LogP contribution in [0.2, 0.25) is 0 Å². The summed E-state index contributed by atoms with van der Waals surface area (Å²) in [7, 11) is 0. The Morgan fingerprint density at radius 1 is 1.38 bits per heavy atom. The van der Waals surface area contributed by atoms with Gasteiger partial charge in [-0.15, -0.1) is 0 Å². The molecule has 4 nitrogen and oxygen atoms in total. The van der Waals surface area contributed by atoms with E-state index in [9.17, 15) is 9.59 Å². The summed E-state index contributed by atoms with van der Waals surface area (Å²) in [6, 6.07) is 0. The first-order valence-corrected chi connectivity index (χ1v) is 4.56. The third kappa shape index (κ3) is 3.85. The van der Waals surface area contributed by atoms with E-state index in [4.69, 9.17) is 4.74 Å². The van der Waals surface area contributed by atoms with Gasteiger partial charge in [0.15, 0.2) is 0 Å². The van der Waals surface area contributed by atoms with Crippen LogP contribution < -0.4 is 0 Å². The van der Waals surface area contributed by atoms with Gasteiger partial charge in [0.05, 0.1) is 0 Å². The minimum Gasteiger partial charge on any atom is -0.461 e. The number of carbonyl (C=O) groups is 1. The number of aliphatic imine (C=N–C) groups is 1. The zero-order valence-electron chi connectivity index (χ0n) is 7.49. The van der Waals surface area contributed by atoms with Gasteiger partial charge >= 0.3 is 5.97 Å². The lowest BCUT2D eigenvalue weighted by atomic mass is 9.98. The van der Waals surface area contributed by atoms with Crippen LogP contribution in [0.1, 0.15) is 32.1 Å². The molecule has 0 atom stereocenters. The lowest BCUT2D eigenvalue weighted by Crippen LogP contribution is -2.22. The average molecular weight is 183 g/mol. The molecule has 0 unspecified atom stereocenters. The fraction of sp³-hybridized carbons (Fsp3) is 0.778. The Kier molecular flexibility index (Phi) is 4.19. The Bertz CT molecular complexity index is 215. The highest BCUT2D eigenvalue weighted by Gasteiger charge is 2.16. The van der Waals surface area contributed by atoms with E-state index in [-0.39, 0.29) is 12.6 Å². The second-order valence-electron chi connectivity index (χ2n) is 3.16. The summed E-state index contributed by atoms with van der Waals surface area (Å²) in [5, 5.41) is 0. The van der Waals surface area contributed by atoms with E-state index in [2.05, 4.69) is 4.99 Å². The molecule has 0 aliphatic heterocycles. The topological polar surface area (TPSA) is 55.7 Å². The highest BCUT2D eigenvalue weighted by atomic mass is 16.5. The van der Waals surface area contributed by atoms with Crippen LogP contribution in [0.4, 0.5) is 0 Å². The summed E-state index contributed by atoms with van der Waals surface area (Å²) in [6.07, 6.45) is 6.70. The summed E-state index contributed by atoms with van der Waals surface area (Å²) in [4.78, 5) is 23.8. The van der Waals surface area contributed by atoms with Crippen molar-refractivity contribution in [3.63, 3.8) is 0 Å². The Hall–Kier alpha value is -1.15. The molecule has 0 aromatic heterocycles. The second-order valence-corrected chi connectivity index (χ2v) is 3.16. The summed E-state index contributed by atoms with van der Waals surface area (Å²) >= 11 is 0. The van der Waals surface area contributed by atoms with E-state index in [1.807, 2.05) is 0 Å². The Morgan fingerprint density at radius 2 is 2.08 bits per heavy atom. The van der Waals surface area contributed by atoms with Crippen molar-refractivity contribution >= 4 is 12.0 Å². The van der Waals surface area contributed by atoms with Crippen molar-refractivity contribution in [3.05, 3.63) is 0 Å². The molecule has 72 valence electrons. The monoisotopic (exact) mass is 183 g/mol. The van der Waals surface area contributed by atoms with E-state index < -0.39 is 5.97 Å². The number of carbonyl (C=O) groups excluding carboxylic acids is 2. The number of hydrogen-bond acceptors (Lipinski definition) is 4. The first-order chi connectivity index (χ1) is 6.33. The van der Waals surface area contributed by atoms with Gasteiger partial charge in [-0.05, 0) is 25.7 Å². The zero-order valence-corrected chi connectivity index (χ0v) is 7.49. The van der Waals surface area contributed by atoms with Crippen molar-refractivity contribution in [2.75, 3.05) is 6.54 Å². The van der Waals surface area contributed by atoms with Crippen LogP contribution in [0.15, 0.2) is 4.99 Å². The van der Waals surface area contributed by atoms with Gasteiger partial charge in [-0.2, -0.15) is 4.99 Å². The van der Waals surface area contributed by atoms with Crippen LogP contribution in [-0.2, 0) is 14.3 Å². The van der Waals surface area contributed by atoms with Crippen LogP contribution in [0.25, 0.3) is 0 Å². The van der Waals surface area contributed by atoms with Crippen molar-refractivity contribution in [3.8, 4) is 0 Å². The summed E-state index contributed by atoms with van der Waals surface area (Å²) < 4.78 is 5.08. The molecule has 0 N–H and O–H groups in total. The predicted octanol–water partition coefficient (Wildman–Crippen LogP) is 1.20. The molecule has 0 bridgehead atoms. The maximum absolute atomic E-state index is 11.0. The van der Waals surface area contributed by atoms with Crippen LogP contribution in [0.3, 0.4) is 0 Å². The molecule has 1 aliphatic carbocycles. The largest absolute Gasteiger partial charge is 0.461 e. The Morgan fingerprint density at radius 3 is 2.69 bits per heavy atom. The predicted molar refractivity (Wildman–Crippen MR) is 46.0 cm³/mol. The van der Waals surface area contributed by atoms with Crippen molar-refractivity contribution in [1.82, 2.24) is 0 Å². The summed E-state index contributed by atoms with van der Waals surface area (Å²) in [5.74, 6) is -0.421. The van der Waals surface area contributed by atoms with Crippen LogP contribution >= 0.6 is 0 Å². The van der Waals surface area contributed by atoms with Crippen LogP contribution in [0.5, 0.6) is 0 Å². The summed E-state index contributed by atoms with van der Waals surface area (Å²) in [6.45, 7) is -0.194. The SMILES string of the molecule is O=C=NCC(=O)OC1CCCCC1. The van der Waals surface area contributed by atoms with Gasteiger partial charge in [0.25, 0.3) is 0 Å². The van der Waals surface area contributed by atoms with Gasteiger partial charge in [0, 0.05) is 0 Å². The maximum Gasteiger partial charge on any atom is 0.328 e. The van der Waals surface area contributed by atoms with E-state index >= 15 is 0 Å². The minimum absolute atomic E-state index is 0.0445. The number of hydrogen-bond donors (Lipinski definition) is 0. The third-order valence-corrected chi connectivity index (χ3v) is 2.12. The first-order valence-electron chi connectivity index (χ1n) is 4.56. The number of nitrogens with zero attached hydrogens (tertiary/aromatic N) is 1. The number of rotatable bonds is 3. The molecule has 1 fully saturated rings. The van der Waals surface area contributed by atoms with Crippen molar-refractivity contribution < 1.29 is 14.3 Å². The fourth-order valence-electron chi connectivity index (χ4n) is 1.50. The molecular formula is C9H13NO3. The van der Waals surface area contributed by atoms with Crippen molar-refractivity contribution in [2.45, 2.75) is 38.2 Å². The van der Waals surface area contributed by atoms with Gasteiger partial charge in [-0.25, -0.2) is 4.79 Å². The summed E-state index contributed by atoms with van der Waals surface area (Å²) in [5.41, 5.74) is 0. The van der Waals surface area contributed by atoms with Gasteiger partial charge in [0.1, 0.15) is 12.6 Å². The standard InChI is InChI=1S/C9H13NO3/c11-7-10-6-9(12)13-8-4-2-1-3-5-8/h8H,1-6H2. The highest BCUT2D eigenvalue weighted by Crippen LogP contribution is 2.20. The molecule has 1 rings (SSSR count). The minimum atomic E-state index is -0.421. The van der Waals surface area contributed by atoms with E-state index in [1.165, 1.54) is 12.5 Å². The van der Waals surface area contributed by atoms with E-state index in [0.717, 1.165) is 25.7 Å². The van der Waals surface area contributed by atoms with Gasteiger partial charge in [-0.1, -0.05) is 6.42 Å². The molecular weight excluding hydrogens is 170 g/mol. The molecule has 0 radical (unpaired) electrons. The molecule has 0 aromatic carbocycles. The Labute approximate surface area is 77.0 Å². The lowest BCUT2D eigenvalue weighted by molar-refractivity contribution is -0.148. The number of isocyanates is 1. The molecule has 0 heterocycles. The maximum atomic E-state index is 11.0. The molecule has 1 saturated carbocycles. The fourth-order valence-corrected chi connectivity index (χ4v) is 1.50. The normalized spacial score (nSPS) is 17.5. The van der Waals surface area contributed by atoms with Crippen LogP contribution in [0, 0.1) is 0 Å². The van der Waals surface area contributed by atoms with E-state index in [1.54, 1.807) is 0 Å². The molecule has 0 saturated heterocycles. The molecule has 0 spiro atoms. The quantitative estimate of drug-likeness (QED) is 0.375. The number of ether oxygens (including phenoxy) is 1. The Balaban J connectivity index is 2.21. The molecule has 13 heavy (non-hydrogen) atoms. The molecule has 1 aliphatic rings. The lowest BCUT2D eigenvalue weighted by Gasteiger charge is -2.21. The second kappa shape index (κ2) is 5.49. The van der Waals surface area contributed by atoms with E-state index in [0.29, 0.717) is 0 Å². The van der Waals surface area contributed by atoms with Crippen LogP contribution in [-0.4, -0.2) is 24.7 Å². The molecule has 0 amide bonds. The van der Waals surface area contributed by atoms with Crippen molar-refractivity contribution in [2.24, 2.45) is 4.99 Å². The average Bonchev–Trinajstić information content (AvgIpc) is 2.16. The highest BCUT2D eigenvalue weighted by molar-refractivity contribution is 5.72. The smallest absolute Gasteiger partial charge is 0.328 e. The van der Waals surface area contributed by atoms with Gasteiger partial charge in [0.2, 0.25) is 6.08 Å². The zero-order chi connectivity index (χ0) is 9.52. The first kappa shape index (κ1) is 9.93. The van der Waals surface area contributed by atoms with Crippen molar-refractivity contribution in [1.29, 1.82) is 0 Å². The molecule has 4 heteroatoms. The molecule has 0 aromatic rings. The van der Waals surface area contributed by atoms with Gasteiger partial charge in [-0.3, -0.25) is 4.79 Å². The number of esters is 1. The third-order valence-electron chi connectivity index (χ3n) is 2.12.